The molecular formula is C29H34N4O5S. The van der Waals surface area contributed by atoms with Crippen molar-refractivity contribution in [3.63, 3.8) is 0 Å². The molecule has 0 saturated carbocycles. The first-order chi connectivity index (χ1) is 18.9. The number of ether oxygens (including phenoxy) is 1. The van der Waals surface area contributed by atoms with Gasteiger partial charge >= 0.3 is 6.03 Å². The van der Waals surface area contributed by atoms with Crippen LogP contribution in [-0.2, 0) is 19.6 Å². The van der Waals surface area contributed by atoms with Gasteiger partial charge in [0.15, 0.2) is 0 Å². The lowest BCUT2D eigenvalue weighted by atomic mass is 10.0. The summed E-state index contributed by atoms with van der Waals surface area (Å²) in [6.45, 7) is 3.35. The average Bonchev–Trinajstić information content (AvgIpc) is 2.97. The van der Waals surface area contributed by atoms with Gasteiger partial charge in [-0.2, -0.15) is 4.31 Å². The summed E-state index contributed by atoms with van der Waals surface area (Å²) in [7, 11) is -3.96. The maximum Gasteiger partial charge on any atom is 0.321 e. The largest absolute Gasteiger partial charge is 0.382 e. The van der Waals surface area contributed by atoms with Gasteiger partial charge in [0.1, 0.15) is 6.04 Å². The monoisotopic (exact) mass is 550 g/mol. The van der Waals surface area contributed by atoms with E-state index >= 15 is 0 Å². The third kappa shape index (κ3) is 7.03. The predicted molar refractivity (Wildman–Crippen MR) is 151 cm³/mol. The second-order valence-electron chi connectivity index (χ2n) is 9.07. The minimum Gasteiger partial charge on any atom is -0.382 e. The van der Waals surface area contributed by atoms with Gasteiger partial charge in [-0.1, -0.05) is 66.7 Å². The van der Waals surface area contributed by atoms with Crippen molar-refractivity contribution in [3.05, 3.63) is 84.9 Å². The maximum absolute atomic E-state index is 13.5. The minimum atomic E-state index is -3.96. The lowest BCUT2D eigenvalue weighted by Crippen LogP contribution is -2.62. The van der Waals surface area contributed by atoms with Crippen LogP contribution in [0, 0.1) is 0 Å². The Kier molecular flexibility index (Phi) is 9.69. The molecule has 10 heteroatoms. The molecule has 1 heterocycles. The second-order valence-corrected chi connectivity index (χ2v) is 11.0. The van der Waals surface area contributed by atoms with Crippen LogP contribution in [0.4, 0.5) is 10.5 Å². The number of nitrogens with one attached hydrogen (secondary N) is 2. The minimum absolute atomic E-state index is 0.0119. The molecule has 1 atom stereocenters. The number of hydrogen-bond acceptors (Lipinski definition) is 5. The van der Waals surface area contributed by atoms with Gasteiger partial charge in [0.2, 0.25) is 15.9 Å². The van der Waals surface area contributed by atoms with E-state index in [1.807, 2.05) is 61.5 Å². The zero-order valence-corrected chi connectivity index (χ0v) is 22.8. The predicted octanol–water partition coefficient (Wildman–Crippen LogP) is 3.80. The fourth-order valence-corrected chi connectivity index (χ4v) is 6.07. The summed E-state index contributed by atoms with van der Waals surface area (Å²) in [6.07, 6.45) is 0.595. The molecular weight excluding hydrogens is 516 g/mol. The number of piperazine rings is 1. The number of nitrogens with zero attached hydrogens (tertiary/aromatic N) is 2. The van der Waals surface area contributed by atoms with Crippen LogP contribution in [0.15, 0.2) is 89.8 Å². The molecule has 3 amide bonds. The molecule has 1 aliphatic heterocycles. The lowest BCUT2D eigenvalue weighted by Gasteiger charge is -2.39. The molecule has 206 valence electrons. The molecule has 0 aromatic heterocycles. The van der Waals surface area contributed by atoms with E-state index in [-0.39, 0.29) is 24.5 Å². The van der Waals surface area contributed by atoms with Crippen LogP contribution in [0.2, 0.25) is 0 Å². The zero-order valence-electron chi connectivity index (χ0n) is 22.0. The first-order valence-corrected chi connectivity index (χ1v) is 14.5. The Labute approximate surface area is 229 Å². The van der Waals surface area contributed by atoms with E-state index < -0.39 is 28.0 Å². The molecule has 2 N–H and O–H groups in total. The number of carbonyl (C=O) groups excluding carboxylic acids is 2. The van der Waals surface area contributed by atoms with Crippen molar-refractivity contribution in [2.24, 2.45) is 0 Å². The van der Waals surface area contributed by atoms with Gasteiger partial charge in [-0.15, -0.1) is 0 Å². The van der Waals surface area contributed by atoms with Crippen LogP contribution in [0.25, 0.3) is 11.1 Å². The van der Waals surface area contributed by atoms with E-state index in [0.29, 0.717) is 31.9 Å². The summed E-state index contributed by atoms with van der Waals surface area (Å²) in [4.78, 5) is 28.2. The highest BCUT2D eigenvalue weighted by Crippen LogP contribution is 2.28. The van der Waals surface area contributed by atoms with Gasteiger partial charge in [-0.3, -0.25) is 4.79 Å². The van der Waals surface area contributed by atoms with Crippen LogP contribution >= 0.6 is 0 Å². The van der Waals surface area contributed by atoms with Crippen LogP contribution in [0.3, 0.4) is 0 Å². The zero-order chi connectivity index (χ0) is 27.7. The molecule has 0 radical (unpaired) electrons. The summed E-state index contributed by atoms with van der Waals surface area (Å²) in [6, 6.07) is 23.7. The summed E-state index contributed by atoms with van der Waals surface area (Å²) < 4.78 is 33.5. The molecule has 1 fully saturated rings. The van der Waals surface area contributed by atoms with Gasteiger partial charge in [-0.05, 0) is 37.1 Å². The van der Waals surface area contributed by atoms with Crippen molar-refractivity contribution in [2.75, 3.05) is 44.7 Å². The standard InChI is InChI=1S/C29H34N4O5S/c1-2-38-21-11-18-30-28(34)27-22-32(19-20-33(27)39(36,37)24-14-7-4-8-15-24)29(35)31-26-17-10-9-16-25(26)23-12-5-3-6-13-23/h3-10,12-17,27H,2,11,18-22H2,1H3,(H,30,34)(H,31,35). The number of para-hydroxylation sites is 1. The van der Waals surface area contributed by atoms with E-state index in [9.17, 15) is 18.0 Å². The normalized spacial score (nSPS) is 16.0. The molecule has 3 aromatic carbocycles. The van der Waals surface area contributed by atoms with Crippen molar-refractivity contribution in [1.29, 1.82) is 0 Å². The van der Waals surface area contributed by atoms with E-state index in [0.717, 1.165) is 11.1 Å². The Hall–Kier alpha value is -3.73. The number of carbonyl (C=O) groups is 2. The van der Waals surface area contributed by atoms with Crippen molar-refractivity contribution < 1.29 is 22.7 Å². The number of rotatable bonds is 10. The topological polar surface area (TPSA) is 108 Å². The fraction of sp³-hybridized carbons (Fsp3) is 0.310. The van der Waals surface area contributed by atoms with Crippen molar-refractivity contribution >= 4 is 27.6 Å². The lowest BCUT2D eigenvalue weighted by molar-refractivity contribution is -0.126. The molecule has 0 bridgehead atoms. The first-order valence-electron chi connectivity index (χ1n) is 13.0. The third-order valence-corrected chi connectivity index (χ3v) is 8.42. The highest BCUT2D eigenvalue weighted by Gasteiger charge is 2.41. The molecule has 0 aliphatic carbocycles. The van der Waals surface area contributed by atoms with Crippen molar-refractivity contribution in [1.82, 2.24) is 14.5 Å². The Bertz CT molecular complexity index is 1350. The van der Waals surface area contributed by atoms with Gasteiger partial charge in [0.25, 0.3) is 0 Å². The quantitative estimate of drug-likeness (QED) is 0.374. The second kappa shape index (κ2) is 13.4. The molecule has 1 aliphatic rings. The number of anilines is 1. The Morgan fingerprint density at radius 3 is 2.31 bits per heavy atom. The van der Waals surface area contributed by atoms with Crippen LogP contribution < -0.4 is 10.6 Å². The molecule has 3 aromatic rings. The van der Waals surface area contributed by atoms with Gasteiger partial charge in [-0.25, -0.2) is 13.2 Å². The van der Waals surface area contributed by atoms with Crippen LogP contribution in [0.5, 0.6) is 0 Å². The number of hydrogen-bond donors (Lipinski definition) is 2. The number of urea groups is 1. The molecule has 4 rings (SSSR count). The summed E-state index contributed by atoms with van der Waals surface area (Å²) in [5, 5.41) is 5.78. The van der Waals surface area contributed by atoms with Gasteiger partial charge in [0, 0.05) is 45.0 Å². The Balaban J connectivity index is 1.53. The fourth-order valence-electron chi connectivity index (χ4n) is 4.48. The summed E-state index contributed by atoms with van der Waals surface area (Å²) >= 11 is 0. The van der Waals surface area contributed by atoms with Gasteiger partial charge in [0.05, 0.1) is 10.6 Å². The van der Waals surface area contributed by atoms with Gasteiger partial charge < -0.3 is 20.3 Å². The van der Waals surface area contributed by atoms with E-state index in [1.54, 1.807) is 18.2 Å². The number of sulfonamides is 1. The molecule has 1 saturated heterocycles. The molecule has 39 heavy (non-hydrogen) atoms. The van der Waals surface area contributed by atoms with E-state index in [2.05, 4.69) is 10.6 Å². The SMILES string of the molecule is CCOCCCNC(=O)C1CN(C(=O)Nc2ccccc2-c2ccccc2)CCN1S(=O)(=O)c1ccccc1. The first kappa shape index (κ1) is 28.3. The van der Waals surface area contributed by atoms with E-state index in [1.165, 1.54) is 21.3 Å². The number of amides is 3. The summed E-state index contributed by atoms with van der Waals surface area (Å²) in [5.74, 6) is -0.451. The van der Waals surface area contributed by atoms with Crippen molar-refractivity contribution in [2.45, 2.75) is 24.3 Å². The average molecular weight is 551 g/mol. The van der Waals surface area contributed by atoms with Crippen LogP contribution in [0.1, 0.15) is 13.3 Å². The van der Waals surface area contributed by atoms with E-state index in [4.69, 9.17) is 4.74 Å². The third-order valence-electron chi connectivity index (χ3n) is 6.49. The Morgan fingerprint density at radius 2 is 1.59 bits per heavy atom. The van der Waals surface area contributed by atoms with Crippen LogP contribution in [-0.4, -0.2) is 75.0 Å². The molecule has 1 unspecified atom stereocenters. The number of benzene rings is 3. The smallest absolute Gasteiger partial charge is 0.321 e. The summed E-state index contributed by atoms with van der Waals surface area (Å²) in [5.41, 5.74) is 2.45. The van der Waals surface area contributed by atoms with Crippen molar-refractivity contribution in [3.8, 4) is 11.1 Å². The Morgan fingerprint density at radius 1 is 0.923 bits per heavy atom. The maximum atomic E-state index is 13.5. The molecule has 0 spiro atoms. The molecule has 9 nitrogen and oxygen atoms in total. The highest BCUT2D eigenvalue weighted by atomic mass is 32.2. The highest BCUT2D eigenvalue weighted by molar-refractivity contribution is 7.89.